The molecule has 1 atom stereocenters. The van der Waals surface area contributed by atoms with E-state index in [1.54, 1.807) is 0 Å². The van der Waals surface area contributed by atoms with Crippen molar-refractivity contribution in [1.82, 2.24) is 5.32 Å². The molecule has 0 aliphatic carbocycles. The number of carbonyl (C=O) groups excluding carboxylic acids is 1. The first-order valence-corrected chi connectivity index (χ1v) is 6.57. The van der Waals surface area contributed by atoms with Crippen molar-refractivity contribution < 1.29 is 9.53 Å². The van der Waals surface area contributed by atoms with Crippen molar-refractivity contribution in [3.05, 3.63) is 0 Å². The molecule has 4 nitrogen and oxygen atoms in total. The number of hydrogen-bond acceptors (Lipinski definition) is 3. The van der Waals surface area contributed by atoms with Crippen molar-refractivity contribution in [3.63, 3.8) is 0 Å². The van der Waals surface area contributed by atoms with Gasteiger partial charge in [-0.15, -0.1) is 0 Å². The lowest BCUT2D eigenvalue weighted by Gasteiger charge is -2.19. The minimum absolute atomic E-state index is 0.328. The highest BCUT2D eigenvalue weighted by Gasteiger charge is 2.15. The van der Waals surface area contributed by atoms with Gasteiger partial charge in [0.05, 0.1) is 0 Å². The van der Waals surface area contributed by atoms with Crippen LogP contribution in [0.15, 0.2) is 0 Å². The first kappa shape index (κ1) is 16.2. The van der Waals surface area contributed by atoms with Gasteiger partial charge in [0, 0.05) is 12.6 Å². The molecular formula is C13H28N2O2. The molecule has 0 aliphatic heterocycles. The summed E-state index contributed by atoms with van der Waals surface area (Å²) in [6.07, 6.45) is 4.99. The van der Waals surface area contributed by atoms with Gasteiger partial charge in [0.2, 0.25) is 0 Å². The van der Waals surface area contributed by atoms with E-state index in [1.807, 2.05) is 20.8 Å². The fourth-order valence-electron chi connectivity index (χ4n) is 1.42. The van der Waals surface area contributed by atoms with Gasteiger partial charge in [-0.3, -0.25) is 0 Å². The molecule has 0 saturated heterocycles. The molecule has 0 aromatic carbocycles. The number of nitrogens with two attached hydrogens (primary N) is 1. The molecule has 102 valence electrons. The predicted molar refractivity (Wildman–Crippen MR) is 71.0 cm³/mol. The zero-order valence-corrected chi connectivity index (χ0v) is 11.7. The quantitative estimate of drug-likeness (QED) is 0.677. The zero-order chi connectivity index (χ0) is 13.3. The van der Waals surface area contributed by atoms with E-state index in [0.29, 0.717) is 12.6 Å². The van der Waals surface area contributed by atoms with E-state index in [0.717, 1.165) is 32.1 Å². The lowest BCUT2D eigenvalue weighted by molar-refractivity contribution is 0.0527. The summed E-state index contributed by atoms with van der Waals surface area (Å²) < 4.78 is 5.13. The van der Waals surface area contributed by atoms with Crippen LogP contribution >= 0.6 is 0 Å². The van der Waals surface area contributed by atoms with Crippen LogP contribution in [-0.4, -0.2) is 24.3 Å². The molecule has 4 heteroatoms. The van der Waals surface area contributed by atoms with Crippen LogP contribution < -0.4 is 11.1 Å². The van der Waals surface area contributed by atoms with Crippen LogP contribution in [0.1, 0.15) is 59.8 Å². The monoisotopic (exact) mass is 244 g/mol. The Morgan fingerprint density at radius 2 is 1.94 bits per heavy atom. The summed E-state index contributed by atoms with van der Waals surface area (Å²) in [5.74, 6) is 0. The molecule has 0 spiro atoms. The van der Waals surface area contributed by atoms with Crippen LogP contribution in [0.3, 0.4) is 0 Å². The minimum Gasteiger partial charge on any atom is -0.444 e. The molecule has 0 rings (SSSR count). The first-order valence-electron chi connectivity index (χ1n) is 6.57. The third-order valence-electron chi connectivity index (χ3n) is 2.44. The van der Waals surface area contributed by atoms with Crippen molar-refractivity contribution in [3.8, 4) is 0 Å². The maximum Gasteiger partial charge on any atom is 0.407 e. The van der Waals surface area contributed by atoms with Crippen LogP contribution in [0.4, 0.5) is 4.79 Å². The highest BCUT2D eigenvalue weighted by molar-refractivity contribution is 5.67. The number of nitrogens with one attached hydrogen (secondary N) is 1. The molecule has 1 amide bonds. The molecule has 0 bridgehead atoms. The Labute approximate surface area is 105 Å². The summed E-state index contributed by atoms with van der Waals surface area (Å²) in [5, 5.41) is 2.75. The smallest absolute Gasteiger partial charge is 0.407 e. The number of alkyl carbamates (subject to hydrolysis) is 1. The largest absolute Gasteiger partial charge is 0.444 e. The average Bonchev–Trinajstić information content (AvgIpc) is 2.20. The van der Waals surface area contributed by atoms with E-state index in [9.17, 15) is 4.79 Å². The van der Waals surface area contributed by atoms with E-state index in [1.165, 1.54) is 0 Å². The standard InChI is InChI=1S/C13H28N2O2/c1-5-11(14)9-7-6-8-10-15-12(16)17-13(2,3)4/h11H,5-10,14H2,1-4H3,(H,15,16). The van der Waals surface area contributed by atoms with Crippen molar-refractivity contribution in [2.24, 2.45) is 5.73 Å². The van der Waals surface area contributed by atoms with Gasteiger partial charge in [-0.25, -0.2) is 4.79 Å². The fourth-order valence-corrected chi connectivity index (χ4v) is 1.42. The van der Waals surface area contributed by atoms with Gasteiger partial charge >= 0.3 is 6.09 Å². The highest BCUT2D eigenvalue weighted by atomic mass is 16.6. The summed E-state index contributed by atoms with van der Waals surface area (Å²) in [6, 6.07) is 0.328. The van der Waals surface area contributed by atoms with E-state index in [4.69, 9.17) is 10.5 Å². The molecule has 17 heavy (non-hydrogen) atoms. The number of amides is 1. The Bertz CT molecular complexity index is 212. The van der Waals surface area contributed by atoms with E-state index >= 15 is 0 Å². The van der Waals surface area contributed by atoms with Crippen molar-refractivity contribution in [2.45, 2.75) is 71.4 Å². The maximum atomic E-state index is 11.3. The van der Waals surface area contributed by atoms with E-state index < -0.39 is 5.60 Å². The summed E-state index contributed by atoms with van der Waals surface area (Å²) in [6.45, 7) is 8.36. The molecule has 1 unspecified atom stereocenters. The summed E-state index contributed by atoms with van der Waals surface area (Å²) >= 11 is 0. The maximum absolute atomic E-state index is 11.3. The Hall–Kier alpha value is -0.770. The van der Waals surface area contributed by atoms with Crippen LogP contribution in [-0.2, 0) is 4.74 Å². The highest BCUT2D eigenvalue weighted by Crippen LogP contribution is 2.07. The molecule has 3 N–H and O–H groups in total. The normalized spacial score (nSPS) is 13.2. The van der Waals surface area contributed by atoms with Crippen molar-refractivity contribution in [2.75, 3.05) is 6.54 Å². The Kier molecular flexibility index (Phi) is 7.96. The zero-order valence-electron chi connectivity index (χ0n) is 11.7. The van der Waals surface area contributed by atoms with Gasteiger partial charge in [0.1, 0.15) is 5.60 Å². The Morgan fingerprint density at radius 3 is 2.47 bits per heavy atom. The van der Waals surface area contributed by atoms with Crippen molar-refractivity contribution in [1.29, 1.82) is 0 Å². The second-order valence-corrected chi connectivity index (χ2v) is 5.45. The Morgan fingerprint density at radius 1 is 1.29 bits per heavy atom. The van der Waals surface area contributed by atoms with Crippen LogP contribution in [0.2, 0.25) is 0 Å². The number of unbranched alkanes of at least 4 members (excludes halogenated alkanes) is 2. The van der Waals surface area contributed by atoms with Crippen LogP contribution in [0, 0.1) is 0 Å². The van der Waals surface area contributed by atoms with E-state index in [2.05, 4.69) is 12.2 Å². The van der Waals surface area contributed by atoms with Crippen LogP contribution in [0.5, 0.6) is 0 Å². The minimum atomic E-state index is -0.419. The fraction of sp³-hybridized carbons (Fsp3) is 0.923. The topological polar surface area (TPSA) is 64.3 Å². The molecule has 0 aliphatic rings. The molecule has 0 radical (unpaired) electrons. The molecule has 0 heterocycles. The predicted octanol–water partition coefficient (Wildman–Crippen LogP) is 2.81. The first-order chi connectivity index (χ1) is 7.85. The van der Waals surface area contributed by atoms with Gasteiger partial charge in [0.15, 0.2) is 0 Å². The van der Waals surface area contributed by atoms with Gasteiger partial charge in [0.25, 0.3) is 0 Å². The number of hydrogen-bond donors (Lipinski definition) is 2. The molecule has 0 aromatic heterocycles. The second kappa shape index (κ2) is 8.34. The lowest BCUT2D eigenvalue weighted by Crippen LogP contribution is -2.33. The van der Waals surface area contributed by atoms with Gasteiger partial charge in [-0.05, 0) is 40.0 Å². The molecule has 0 saturated carbocycles. The third-order valence-corrected chi connectivity index (χ3v) is 2.44. The summed E-state index contributed by atoms with van der Waals surface area (Å²) in [5.41, 5.74) is 5.40. The second-order valence-electron chi connectivity index (χ2n) is 5.45. The average molecular weight is 244 g/mol. The SMILES string of the molecule is CCC(N)CCCCCNC(=O)OC(C)(C)C. The Balaban J connectivity index is 3.37. The number of ether oxygens (including phenoxy) is 1. The van der Waals surface area contributed by atoms with Gasteiger partial charge < -0.3 is 15.8 Å². The third kappa shape index (κ3) is 11.5. The molecule has 0 aromatic rings. The molecule has 0 fully saturated rings. The lowest BCUT2D eigenvalue weighted by atomic mass is 10.1. The van der Waals surface area contributed by atoms with Gasteiger partial charge in [-0.2, -0.15) is 0 Å². The number of carbonyl (C=O) groups is 1. The van der Waals surface area contributed by atoms with Gasteiger partial charge in [-0.1, -0.05) is 19.8 Å². The van der Waals surface area contributed by atoms with Crippen LogP contribution in [0.25, 0.3) is 0 Å². The van der Waals surface area contributed by atoms with Crippen molar-refractivity contribution >= 4 is 6.09 Å². The number of rotatable bonds is 7. The summed E-state index contributed by atoms with van der Waals surface area (Å²) in [4.78, 5) is 11.3. The summed E-state index contributed by atoms with van der Waals surface area (Å²) in [7, 11) is 0. The van der Waals surface area contributed by atoms with E-state index in [-0.39, 0.29) is 6.09 Å². The molecular weight excluding hydrogens is 216 g/mol.